The van der Waals surface area contributed by atoms with Crippen LogP contribution in [0.25, 0.3) is 0 Å². The minimum atomic E-state index is 0.570. The molecule has 1 saturated carbocycles. The summed E-state index contributed by atoms with van der Waals surface area (Å²) < 4.78 is 2.11. The van der Waals surface area contributed by atoms with Crippen LogP contribution in [0.5, 0.6) is 0 Å². The second kappa shape index (κ2) is 6.56. The number of rotatable bonds is 8. The largest absolute Gasteiger partial charge is 0.373 e. The minimum Gasteiger partial charge on any atom is -0.373 e. The molecule has 21 heavy (non-hydrogen) atoms. The lowest BCUT2D eigenvalue weighted by Crippen LogP contribution is -2.08. The van der Waals surface area contributed by atoms with Crippen LogP contribution in [0.1, 0.15) is 37.4 Å². The van der Waals surface area contributed by atoms with Crippen LogP contribution in [0.3, 0.4) is 0 Å². The predicted octanol–water partition coefficient (Wildman–Crippen LogP) is 2.48. The van der Waals surface area contributed by atoms with Crippen LogP contribution in [0.4, 0.5) is 11.6 Å². The van der Waals surface area contributed by atoms with Crippen molar-refractivity contribution in [3.05, 3.63) is 30.6 Å². The highest BCUT2D eigenvalue weighted by atomic mass is 15.1. The number of nitrogens with zero attached hydrogens (tertiary/aromatic N) is 4. The second-order valence-electron chi connectivity index (χ2n) is 5.46. The topological polar surface area (TPSA) is 67.7 Å². The van der Waals surface area contributed by atoms with E-state index in [4.69, 9.17) is 0 Å². The van der Waals surface area contributed by atoms with Crippen molar-refractivity contribution in [2.24, 2.45) is 0 Å². The van der Waals surface area contributed by atoms with Gasteiger partial charge in [0.1, 0.15) is 17.5 Å². The van der Waals surface area contributed by atoms with Crippen molar-refractivity contribution >= 4 is 11.6 Å². The third-order valence-corrected chi connectivity index (χ3v) is 3.65. The molecule has 6 nitrogen and oxygen atoms in total. The molecule has 6 heteroatoms. The molecule has 2 N–H and O–H groups in total. The van der Waals surface area contributed by atoms with Crippen LogP contribution in [0, 0.1) is 0 Å². The van der Waals surface area contributed by atoms with E-state index >= 15 is 0 Å². The first-order chi connectivity index (χ1) is 10.3. The summed E-state index contributed by atoms with van der Waals surface area (Å²) in [6.45, 7) is 1.94. The van der Waals surface area contributed by atoms with Crippen molar-refractivity contribution in [2.45, 2.75) is 38.1 Å². The second-order valence-corrected chi connectivity index (χ2v) is 5.46. The molecule has 3 rings (SSSR count). The van der Waals surface area contributed by atoms with Gasteiger partial charge in [-0.15, -0.1) is 0 Å². The van der Waals surface area contributed by atoms with E-state index in [1.807, 2.05) is 31.8 Å². The quantitative estimate of drug-likeness (QED) is 0.730. The molecule has 0 amide bonds. The molecule has 112 valence electrons. The summed E-state index contributed by atoms with van der Waals surface area (Å²) in [4.78, 5) is 13.2. The molecule has 0 saturated heterocycles. The average molecular weight is 286 g/mol. The lowest BCUT2D eigenvalue weighted by atomic mass is 10.3. The first-order valence-corrected chi connectivity index (χ1v) is 7.61. The van der Waals surface area contributed by atoms with Gasteiger partial charge in [-0.1, -0.05) is 0 Å². The van der Waals surface area contributed by atoms with Crippen LogP contribution in [0.15, 0.2) is 24.8 Å². The molecule has 2 heterocycles. The van der Waals surface area contributed by atoms with Gasteiger partial charge in [-0.2, -0.15) is 0 Å². The van der Waals surface area contributed by atoms with Gasteiger partial charge in [0.2, 0.25) is 0 Å². The van der Waals surface area contributed by atoms with E-state index in [0.717, 1.165) is 43.4 Å². The molecule has 0 bridgehead atoms. The van der Waals surface area contributed by atoms with Crippen molar-refractivity contribution < 1.29 is 0 Å². The van der Waals surface area contributed by atoms with Crippen LogP contribution in [0.2, 0.25) is 0 Å². The maximum absolute atomic E-state index is 4.61. The van der Waals surface area contributed by atoms with Crippen LogP contribution >= 0.6 is 0 Å². The molecule has 1 aliphatic rings. The van der Waals surface area contributed by atoms with Gasteiger partial charge in [0.15, 0.2) is 0 Å². The molecule has 0 radical (unpaired) electrons. The van der Waals surface area contributed by atoms with Gasteiger partial charge in [-0.05, 0) is 25.7 Å². The standard InChI is InChI=1S/C15H22N6/c1-16-13-10-14(20-15(19-13)12-4-5-12)18-6-2-3-8-21-9-7-17-11-21/h7,9-12H,2-6,8H2,1H3,(H2,16,18,19,20). The molecule has 0 spiro atoms. The summed E-state index contributed by atoms with van der Waals surface area (Å²) in [5.74, 6) is 3.37. The van der Waals surface area contributed by atoms with Gasteiger partial charge < -0.3 is 15.2 Å². The lowest BCUT2D eigenvalue weighted by Gasteiger charge is -2.09. The molecule has 1 aliphatic carbocycles. The first-order valence-electron chi connectivity index (χ1n) is 7.61. The number of nitrogens with one attached hydrogen (secondary N) is 2. The Balaban J connectivity index is 1.47. The Kier molecular flexibility index (Phi) is 4.33. The fourth-order valence-corrected chi connectivity index (χ4v) is 2.26. The van der Waals surface area contributed by atoms with E-state index < -0.39 is 0 Å². The molecule has 1 fully saturated rings. The molecular weight excluding hydrogens is 264 g/mol. The molecule has 0 atom stereocenters. The van der Waals surface area contributed by atoms with Gasteiger partial charge in [-0.25, -0.2) is 15.0 Å². The van der Waals surface area contributed by atoms with Gasteiger partial charge in [0.25, 0.3) is 0 Å². The Labute approximate surface area is 125 Å². The fraction of sp³-hybridized carbons (Fsp3) is 0.533. The van der Waals surface area contributed by atoms with E-state index in [0.29, 0.717) is 5.92 Å². The molecule has 0 aliphatic heterocycles. The van der Waals surface area contributed by atoms with Gasteiger partial charge in [-0.3, -0.25) is 0 Å². The van der Waals surface area contributed by atoms with Crippen molar-refractivity contribution in [1.29, 1.82) is 0 Å². The summed E-state index contributed by atoms with van der Waals surface area (Å²) in [6, 6.07) is 1.97. The Bertz CT molecular complexity index is 562. The van der Waals surface area contributed by atoms with Crippen molar-refractivity contribution in [3.8, 4) is 0 Å². The number of imidazole rings is 1. The van der Waals surface area contributed by atoms with Gasteiger partial charge in [0.05, 0.1) is 6.33 Å². The Morgan fingerprint density at radius 3 is 2.81 bits per heavy atom. The maximum atomic E-state index is 4.61. The first kappa shape index (κ1) is 13.9. The van der Waals surface area contributed by atoms with E-state index in [1.54, 1.807) is 0 Å². The van der Waals surface area contributed by atoms with E-state index in [1.165, 1.54) is 12.8 Å². The van der Waals surface area contributed by atoms with Gasteiger partial charge >= 0.3 is 0 Å². The van der Waals surface area contributed by atoms with Crippen molar-refractivity contribution in [1.82, 2.24) is 19.5 Å². The van der Waals surface area contributed by atoms with Crippen LogP contribution in [-0.2, 0) is 6.54 Å². The monoisotopic (exact) mass is 286 g/mol. The third kappa shape index (κ3) is 3.93. The fourth-order valence-electron chi connectivity index (χ4n) is 2.26. The number of hydrogen-bond donors (Lipinski definition) is 2. The zero-order chi connectivity index (χ0) is 14.5. The zero-order valence-electron chi connectivity index (χ0n) is 12.4. The van der Waals surface area contributed by atoms with E-state index in [-0.39, 0.29) is 0 Å². The maximum Gasteiger partial charge on any atom is 0.136 e. The summed E-state index contributed by atoms with van der Waals surface area (Å²) in [7, 11) is 1.90. The van der Waals surface area contributed by atoms with E-state index in [2.05, 4.69) is 30.2 Å². The predicted molar refractivity (Wildman–Crippen MR) is 83.5 cm³/mol. The molecular formula is C15H22N6. The molecule has 2 aromatic heterocycles. The molecule has 0 aromatic carbocycles. The third-order valence-electron chi connectivity index (χ3n) is 3.65. The van der Waals surface area contributed by atoms with Crippen molar-refractivity contribution in [2.75, 3.05) is 24.2 Å². The SMILES string of the molecule is CNc1cc(NCCCCn2ccnc2)nc(C2CC2)n1. The summed E-state index contributed by atoms with van der Waals surface area (Å²) in [6.07, 6.45) is 10.4. The lowest BCUT2D eigenvalue weighted by molar-refractivity contribution is 0.620. The smallest absolute Gasteiger partial charge is 0.136 e. The Hall–Kier alpha value is -2.11. The average Bonchev–Trinajstić information content (AvgIpc) is 3.24. The zero-order valence-corrected chi connectivity index (χ0v) is 12.4. The molecule has 2 aromatic rings. The number of aryl methyl sites for hydroxylation is 1. The summed E-state index contributed by atoms with van der Waals surface area (Å²) in [5.41, 5.74) is 0. The highest BCUT2D eigenvalue weighted by Crippen LogP contribution is 2.38. The Morgan fingerprint density at radius 2 is 2.10 bits per heavy atom. The van der Waals surface area contributed by atoms with Gasteiger partial charge in [0, 0.05) is 44.5 Å². The van der Waals surface area contributed by atoms with E-state index in [9.17, 15) is 0 Å². The van der Waals surface area contributed by atoms with Crippen LogP contribution < -0.4 is 10.6 Å². The Morgan fingerprint density at radius 1 is 1.24 bits per heavy atom. The number of hydrogen-bond acceptors (Lipinski definition) is 5. The number of unbranched alkanes of at least 4 members (excludes halogenated alkanes) is 1. The minimum absolute atomic E-state index is 0.570. The highest BCUT2D eigenvalue weighted by molar-refractivity contribution is 5.47. The van der Waals surface area contributed by atoms with Crippen LogP contribution in [-0.4, -0.2) is 33.1 Å². The normalized spacial score (nSPS) is 14.1. The number of aromatic nitrogens is 4. The molecule has 0 unspecified atom stereocenters. The number of anilines is 2. The summed E-state index contributed by atoms with van der Waals surface area (Å²) >= 11 is 0. The van der Waals surface area contributed by atoms with Crippen molar-refractivity contribution in [3.63, 3.8) is 0 Å². The summed E-state index contributed by atoms with van der Waals surface area (Å²) in [5, 5.41) is 6.52. The highest BCUT2D eigenvalue weighted by Gasteiger charge is 2.27.